The summed E-state index contributed by atoms with van der Waals surface area (Å²) in [6.45, 7) is 3.48. The van der Waals surface area contributed by atoms with E-state index in [2.05, 4.69) is 6.58 Å². The molecule has 0 heterocycles. The van der Waals surface area contributed by atoms with Crippen molar-refractivity contribution in [3.05, 3.63) is 12.7 Å². The first kappa shape index (κ1) is 6.94. The molecule has 0 saturated carbocycles. The van der Waals surface area contributed by atoms with Crippen LogP contribution in [0, 0.1) is 0 Å². The molecule has 0 aliphatic carbocycles. The van der Waals surface area contributed by atoms with Gasteiger partial charge in [0.15, 0.2) is 0 Å². The van der Waals surface area contributed by atoms with Crippen molar-refractivity contribution in [1.29, 1.82) is 0 Å². The Balaban J connectivity index is 2.81. The van der Waals surface area contributed by atoms with Crippen LogP contribution in [0.4, 0.5) is 0 Å². The predicted molar refractivity (Wildman–Crippen MR) is 26.7 cm³/mol. The van der Waals surface area contributed by atoms with E-state index in [-0.39, 0.29) is 0 Å². The fraction of sp³-hybridized carbons (Fsp3) is 0.333. The van der Waals surface area contributed by atoms with Crippen molar-refractivity contribution in [1.82, 2.24) is 0 Å². The van der Waals surface area contributed by atoms with Crippen molar-refractivity contribution < 1.29 is 14.0 Å². The van der Waals surface area contributed by atoms with Crippen LogP contribution in [0.5, 0.6) is 0 Å². The summed E-state index contributed by atoms with van der Waals surface area (Å²) in [6.07, 6.45) is 1.78. The molecule has 0 saturated heterocycles. The maximum absolute atomic E-state index is 5.48. The minimum absolute atomic E-state index is 0.878. The Morgan fingerprint density at radius 2 is 2.17 bits per heavy atom. The fourth-order valence-electron chi connectivity index (χ4n) is 0.154. The van der Waals surface area contributed by atoms with Gasteiger partial charge in [-0.1, -0.05) is 0 Å². The summed E-state index contributed by atoms with van der Waals surface area (Å²) in [4.78, 5) is 0. The molecule has 0 fully saturated rings. The average Bonchev–Trinajstić information content (AvgIpc) is 1.35. The van der Waals surface area contributed by atoms with E-state index < -0.39 is 14.0 Å². The van der Waals surface area contributed by atoms with Gasteiger partial charge in [-0.3, -0.25) is 0 Å². The minimum atomic E-state index is -1.88. The van der Waals surface area contributed by atoms with Crippen molar-refractivity contribution in [2.75, 3.05) is 0 Å². The topological polar surface area (TPSA) is 0 Å². The fourth-order valence-corrected chi connectivity index (χ4v) is 2.41. The molecule has 6 heavy (non-hydrogen) atoms. The third-order valence-corrected chi connectivity index (χ3v) is 4.46. The molecule has 0 aromatic rings. The molecule has 0 N–H and O–H groups in total. The normalized spacial score (nSPS) is 7.67. The molecule has 0 rings (SSSR count). The number of allylic oxidation sites excluding steroid dienone is 1. The van der Waals surface area contributed by atoms with E-state index in [0.717, 1.165) is 5.02 Å². The van der Waals surface area contributed by atoms with Crippen LogP contribution in [0.1, 0.15) is 0 Å². The quantitative estimate of drug-likeness (QED) is 0.449. The van der Waals surface area contributed by atoms with E-state index in [0.29, 0.717) is 0 Å². The van der Waals surface area contributed by atoms with Crippen LogP contribution in [-0.4, -0.2) is 0 Å². The van der Waals surface area contributed by atoms with E-state index >= 15 is 0 Å². The molecule has 0 aliphatic heterocycles. The van der Waals surface area contributed by atoms with Gasteiger partial charge in [0.1, 0.15) is 0 Å². The summed E-state index contributed by atoms with van der Waals surface area (Å²) < 4.78 is 0. The van der Waals surface area contributed by atoms with Gasteiger partial charge in [-0.25, -0.2) is 0 Å². The van der Waals surface area contributed by atoms with E-state index in [1.807, 2.05) is 0 Å². The molecular formula is C3H5Cl2Zn. The predicted octanol–water partition coefficient (Wildman–Crippen LogP) is 2.52. The third-order valence-electron chi connectivity index (χ3n) is 0.422. The summed E-state index contributed by atoms with van der Waals surface area (Å²) >= 11 is -1.88. The molecule has 0 atom stereocenters. The van der Waals surface area contributed by atoms with Crippen LogP contribution in [0.3, 0.4) is 0 Å². The van der Waals surface area contributed by atoms with Crippen LogP contribution >= 0.6 is 19.4 Å². The first-order valence-corrected chi connectivity index (χ1v) is 11.7. The standard InChI is InChI=1S/C3H5.2ClH.Zn/c1-3-2;;;/h3H,1-2H2;2*1H;/q;;;+2/p-2. The molecule has 3 heteroatoms. The number of rotatable bonds is 2. The van der Waals surface area contributed by atoms with Gasteiger partial charge in [0.05, 0.1) is 0 Å². The molecule has 0 aliphatic rings. The summed E-state index contributed by atoms with van der Waals surface area (Å²) in [5.41, 5.74) is 0. The van der Waals surface area contributed by atoms with Crippen molar-refractivity contribution in [3.63, 3.8) is 0 Å². The number of hydrogen-bond donors (Lipinski definition) is 0. The second kappa shape index (κ2) is 4.11. The molecule has 0 bridgehead atoms. The van der Waals surface area contributed by atoms with Gasteiger partial charge in [-0.05, 0) is 0 Å². The Labute approximate surface area is 51.1 Å². The molecular weight excluding hydrogens is 172 g/mol. The van der Waals surface area contributed by atoms with Crippen LogP contribution < -0.4 is 0 Å². The Morgan fingerprint density at radius 3 is 2.17 bits per heavy atom. The van der Waals surface area contributed by atoms with Gasteiger partial charge >= 0.3 is 51.0 Å². The van der Waals surface area contributed by atoms with Gasteiger partial charge in [0.2, 0.25) is 0 Å². The van der Waals surface area contributed by atoms with Gasteiger partial charge in [0, 0.05) is 0 Å². The van der Waals surface area contributed by atoms with Crippen molar-refractivity contribution in [2.45, 2.75) is 5.02 Å². The zero-order valence-electron chi connectivity index (χ0n) is 3.45. The zero-order valence-corrected chi connectivity index (χ0v) is 7.93. The van der Waals surface area contributed by atoms with Gasteiger partial charge in [-0.2, -0.15) is 0 Å². The Bertz CT molecular complexity index is 44.1. The van der Waals surface area contributed by atoms with Gasteiger partial charge < -0.3 is 0 Å². The third kappa shape index (κ3) is 4.94. The first-order chi connectivity index (χ1) is 2.77. The number of hydrogen-bond acceptors (Lipinski definition) is 0. The molecule has 0 unspecified atom stereocenters. The second-order valence-corrected chi connectivity index (χ2v) is 12.4. The monoisotopic (exact) mass is 175 g/mol. The molecule has 0 radical (unpaired) electrons. The number of halogens is 2. The first-order valence-electron chi connectivity index (χ1n) is 1.85. The molecule has 33 valence electrons. The summed E-state index contributed by atoms with van der Waals surface area (Å²) in [5.74, 6) is 0. The van der Waals surface area contributed by atoms with Crippen molar-refractivity contribution in [2.24, 2.45) is 0 Å². The van der Waals surface area contributed by atoms with E-state index in [1.165, 1.54) is 0 Å². The SMILES string of the molecule is C=C[CH2][Zn]([Cl])[Cl]. The summed E-state index contributed by atoms with van der Waals surface area (Å²) in [5, 5.41) is 0.878. The molecule has 0 nitrogen and oxygen atoms in total. The van der Waals surface area contributed by atoms with Gasteiger partial charge in [-0.15, -0.1) is 0 Å². The zero-order chi connectivity index (χ0) is 4.99. The Hall–Kier alpha value is 0.943. The Kier molecular flexibility index (Phi) is 4.76. The van der Waals surface area contributed by atoms with Crippen molar-refractivity contribution >= 4 is 19.4 Å². The molecule has 0 amide bonds. The maximum atomic E-state index is 5.48. The molecule has 0 aromatic carbocycles. The average molecular weight is 177 g/mol. The summed E-state index contributed by atoms with van der Waals surface area (Å²) in [6, 6.07) is 0. The van der Waals surface area contributed by atoms with Crippen molar-refractivity contribution in [3.8, 4) is 0 Å². The van der Waals surface area contributed by atoms with Crippen LogP contribution in [0.2, 0.25) is 5.02 Å². The van der Waals surface area contributed by atoms with Gasteiger partial charge in [0.25, 0.3) is 0 Å². The van der Waals surface area contributed by atoms with E-state index in [4.69, 9.17) is 19.4 Å². The Morgan fingerprint density at radius 1 is 1.67 bits per heavy atom. The van der Waals surface area contributed by atoms with Crippen LogP contribution in [-0.2, 0) is 14.0 Å². The second-order valence-electron chi connectivity index (χ2n) is 1.06. The van der Waals surface area contributed by atoms with E-state index in [9.17, 15) is 0 Å². The van der Waals surface area contributed by atoms with E-state index in [1.54, 1.807) is 6.08 Å². The van der Waals surface area contributed by atoms with Crippen LogP contribution in [0.15, 0.2) is 12.7 Å². The molecule has 0 spiro atoms. The molecule has 0 aromatic heterocycles. The van der Waals surface area contributed by atoms with Crippen LogP contribution in [0.25, 0.3) is 0 Å². The summed E-state index contributed by atoms with van der Waals surface area (Å²) in [7, 11) is 11.0.